The van der Waals surface area contributed by atoms with Gasteiger partial charge in [0.1, 0.15) is 5.75 Å². The highest BCUT2D eigenvalue weighted by atomic mass is 32.2. The van der Waals surface area contributed by atoms with Crippen molar-refractivity contribution >= 4 is 15.9 Å². The van der Waals surface area contributed by atoms with Gasteiger partial charge in [0.15, 0.2) is 6.10 Å². The van der Waals surface area contributed by atoms with Crippen LogP contribution in [-0.4, -0.2) is 40.1 Å². The lowest BCUT2D eigenvalue weighted by Crippen LogP contribution is -2.31. The van der Waals surface area contributed by atoms with E-state index in [-0.39, 0.29) is 18.0 Å². The fraction of sp³-hybridized carbons (Fsp3) is 0.273. The van der Waals surface area contributed by atoms with Crippen molar-refractivity contribution in [1.82, 2.24) is 14.1 Å². The van der Waals surface area contributed by atoms with Crippen molar-refractivity contribution in [1.29, 1.82) is 0 Å². The number of ether oxygens (including phenoxy) is 1. The van der Waals surface area contributed by atoms with Gasteiger partial charge >= 0.3 is 0 Å². The lowest BCUT2D eigenvalue weighted by atomic mass is 10.1. The van der Waals surface area contributed by atoms with Gasteiger partial charge in [-0.2, -0.15) is 17.6 Å². The molecule has 8 nitrogen and oxygen atoms in total. The van der Waals surface area contributed by atoms with Crippen LogP contribution in [0.3, 0.4) is 0 Å². The third-order valence-electron chi connectivity index (χ3n) is 5.65. The summed E-state index contributed by atoms with van der Waals surface area (Å²) in [5.74, 6) is 0.157. The molecule has 0 fully saturated rings. The van der Waals surface area contributed by atoms with Crippen molar-refractivity contribution in [2.75, 3.05) is 6.61 Å². The topological polar surface area (TPSA) is 102 Å². The van der Waals surface area contributed by atoms with Gasteiger partial charge in [-0.15, -0.1) is 0 Å². The highest BCUT2D eigenvalue weighted by Gasteiger charge is 2.32. The summed E-state index contributed by atoms with van der Waals surface area (Å²) in [6.45, 7) is 0.917. The average Bonchev–Trinajstić information content (AvgIpc) is 3.38. The van der Waals surface area contributed by atoms with Crippen LogP contribution in [0.1, 0.15) is 34.9 Å². The zero-order valence-electron chi connectivity index (χ0n) is 16.6. The second-order valence-electron chi connectivity index (χ2n) is 7.71. The number of aliphatic hydroxyl groups excluding tert-OH is 1. The Morgan fingerprint density at radius 3 is 2.68 bits per heavy atom. The Labute approximate surface area is 179 Å². The number of aryl methyl sites for hydroxylation is 1. The number of amides is 1. The Kier molecular flexibility index (Phi) is 4.79. The smallest absolute Gasteiger partial charge is 0.283 e. The van der Waals surface area contributed by atoms with Crippen LogP contribution in [0.5, 0.6) is 5.75 Å². The third-order valence-corrected chi connectivity index (χ3v) is 7.18. The summed E-state index contributed by atoms with van der Waals surface area (Å²) in [7, 11) is -3.87. The van der Waals surface area contributed by atoms with E-state index >= 15 is 0 Å². The molecule has 1 aromatic heterocycles. The minimum absolute atomic E-state index is 0.113. The summed E-state index contributed by atoms with van der Waals surface area (Å²) in [5, 5.41) is 14.6. The van der Waals surface area contributed by atoms with Crippen LogP contribution in [0, 0.1) is 0 Å². The summed E-state index contributed by atoms with van der Waals surface area (Å²) < 4.78 is 32.7. The van der Waals surface area contributed by atoms with Crippen molar-refractivity contribution in [3.63, 3.8) is 0 Å². The van der Waals surface area contributed by atoms with Gasteiger partial charge in [0.25, 0.3) is 15.9 Å². The van der Waals surface area contributed by atoms with Gasteiger partial charge in [-0.3, -0.25) is 4.79 Å². The summed E-state index contributed by atoms with van der Waals surface area (Å²) in [6.07, 6.45) is 1.95. The Morgan fingerprint density at radius 1 is 1.10 bits per heavy atom. The molecule has 5 rings (SSSR count). The molecule has 0 saturated carbocycles. The number of aliphatic hydroxyl groups is 1. The van der Waals surface area contributed by atoms with Crippen molar-refractivity contribution in [2.45, 2.75) is 36.9 Å². The van der Waals surface area contributed by atoms with Crippen LogP contribution >= 0.6 is 0 Å². The van der Waals surface area contributed by atoms with E-state index < -0.39 is 22.0 Å². The largest absolute Gasteiger partial charge is 0.493 e. The monoisotopic (exact) mass is 439 g/mol. The number of hydrogen-bond donors (Lipinski definition) is 1. The van der Waals surface area contributed by atoms with E-state index in [0.29, 0.717) is 29.2 Å². The highest BCUT2D eigenvalue weighted by molar-refractivity contribution is 7.89. The fourth-order valence-electron chi connectivity index (χ4n) is 3.95. The van der Waals surface area contributed by atoms with Gasteiger partial charge in [0.05, 0.1) is 23.7 Å². The normalized spacial score (nSPS) is 16.4. The molecule has 2 aliphatic rings. The summed E-state index contributed by atoms with van der Waals surface area (Å²) in [6, 6.07) is 13.6. The first-order valence-corrected chi connectivity index (χ1v) is 11.5. The van der Waals surface area contributed by atoms with E-state index in [0.717, 1.165) is 22.5 Å². The van der Waals surface area contributed by atoms with Crippen LogP contribution in [-0.2, 0) is 34.3 Å². The first-order valence-electron chi connectivity index (χ1n) is 10.0. The molecule has 160 valence electrons. The van der Waals surface area contributed by atoms with Gasteiger partial charge in [-0.1, -0.05) is 36.4 Å². The number of aromatic nitrogens is 2. The van der Waals surface area contributed by atoms with Crippen LogP contribution in [0.15, 0.2) is 59.6 Å². The first-order chi connectivity index (χ1) is 14.9. The van der Waals surface area contributed by atoms with Crippen LogP contribution in [0.25, 0.3) is 0 Å². The summed E-state index contributed by atoms with van der Waals surface area (Å²) in [5.41, 5.74) is 2.66. The molecule has 0 radical (unpaired) electrons. The third kappa shape index (κ3) is 3.49. The average molecular weight is 439 g/mol. The second kappa shape index (κ2) is 7.51. The molecule has 31 heavy (non-hydrogen) atoms. The Balaban J connectivity index is 1.35. The van der Waals surface area contributed by atoms with Crippen LogP contribution in [0.4, 0.5) is 0 Å². The maximum absolute atomic E-state index is 13.1. The Hall–Kier alpha value is -3.17. The van der Waals surface area contributed by atoms with Gasteiger partial charge in [-0.25, -0.2) is 0 Å². The molecule has 0 bridgehead atoms. The Morgan fingerprint density at radius 2 is 1.90 bits per heavy atom. The highest BCUT2D eigenvalue weighted by Crippen LogP contribution is 2.30. The van der Waals surface area contributed by atoms with E-state index in [9.17, 15) is 18.3 Å². The van der Waals surface area contributed by atoms with Crippen molar-refractivity contribution in [3.05, 3.63) is 77.1 Å². The van der Waals surface area contributed by atoms with Crippen molar-refractivity contribution < 1.29 is 23.1 Å². The van der Waals surface area contributed by atoms with Gasteiger partial charge in [0, 0.05) is 24.4 Å². The molecule has 3 heterocycles. The number of nitrogens with zero attached hydrogens (tertiary/aromatic N) is 3. The van der Waals surface area contributed by atoms with Gasteiger partial charge < -0.3 is 14.7 Å². The van der Waals surface area contributed by atoms with Crippen molar-refractivity contribution in [3.8, 4) is 5.75 Å². The molecule has 3 aromatic rings. The molecule has 0 unspecified atom stereocenters. The molecule has 2 aromatic carbocycles. The molecule has 0 saturated heterocycles. The lowest BCUT2D eigenvalue weighted by Gasteiger charge is -2.20. The summed E-state index contributed by atoms with van der Waals surface area (Å²) >= 11 is 0. The molecule has 1 N–H and O–H groups in total. The number of carbonyl (C=O) groups excluding carboxylic acids is 1. The number of hydrogen-bond acceptors (Lipinski definition) is 6. The molecule has 9 heteroatoms. The molecular formula is C22H21N3O5S. The quantitative estimate of drug-likeness (QED) is 0.667. The maximum Gasteiger partial charge on any atom is 0.283 e. The van der Waals surface area contributed by atoms with E-state index in [1.165, 1.54) is 11.1 Å². The molecule has 1 atom stereocenters. The van der Waals surface area contributed by atoms with E-state index in [1.54, 1.807) is 42.5 Å². The van der Waals surface area contributed by atoms with Crippen molar-refractivity contribution in [2.24, 2.45) is 0 Å². The number of carbonyl (C=O) groups is 1. The first kappa shape index (κ1) is 19.8. The summed E-state index contributed by atoms with van der Waals surface area (Å²) in [4.78, 5) is 14.2. The number of benzene rings is 2. The number of fused-ring (bicyclic) bond motifs is 2. The molecule has 0 aliphatic carbocycles. The second-order valence-corrected chi connectivity index (χ2v) is 9.50. The molecule has 0 spiro atoms. The van der Waals surface area contributed by atoms with Gasteiger partial charge in [0.2, 0.25) is 0 Å². The molecule has 1 amide bonds. The maximum atomic E-state index is 13.1. The van der Waals surface area contributed by atoms with Gasteiger partial charge in [-0.05, 0) is 30.0 Å². The van der Waals surface area contributed by atoms with Crippen LogP contribution in [0.2, 0.25) is 0 Å². The predicted molar refractivity (Wildman–Crippen MR) is 111 cm³/mol. The predicted octanol–water partition coefficient (Wildman–Crippen LogP) is 2.02. The molecule has 2 aliphatic heterocycles. The van der Waals surface area contributed by atoms with E-state index in [4.69, 9.17) is 4.74 Å². The van der Waals surface area contributed by atoms with Crippen LogP contribution < -0.4 is 4.74 Å². The minimum Gasteiger partial charge on any atom is -0.493 e. The SMILES string of the molecule is O=C([C@@H](O)c1ccccc1)N1Cc2cn(S(=O)(=O)c3ccc4c(c3)OCCC4)nc2C1. The minimum atomic E-state index is -3.87. The molecular weight excluding hydrogens is 418 g/mol. The van der Waals surface area contributed by atoms with E-state index in [2.05, 4.69) is 5.10 Å². The zero-order valence-corrected chi connectivity index (χ0v) is 17.5. The number of rotatable bonds is 4. The Bertz CT molecular complexity index is 1230. The fourth-order valence-corrected chi connectivity index (χ4v) is 5.13. The zero-order chi connectivity index (χ0) is 21.6. The lowest BCUT2D eigenvalue weighted by molar-refractivity contribution is -0.141. The van der Waals surface area contributed by atoms with E-state index in [1.807, 2.05) is 6.07 Å². The standard InChI is InChI=1S/C22H21N3O5S/c26-21(16-5-2-1-3-6-16)22(27)24-12-17-13-25(23-19(17)14-24)31(28,29)18-9-8-15-7-4-10-30-20(15)11-18/h1-3,5-6,8-9,11,13,21,26H,4,7,10,12,14H2/t21-/m0/s1.